The van der Waals surface area contributed by atoms with Crippen molar-refractivity contribution < 1.29 is 18.8 Å². The van der Waals surface area contributed by atoms with E-state index in [1.54, 1.807) is 0 Å². The number of aromatic nitrogens is 2. The van der Waals surface area contributed by atoms with E-state index in [4.69, 9.17) is 23.9 Å². The van der Waals surface area contributed by atoms with E-state index in [2.05, 4.69) is 32.4 Å². The molecular formula is C18H29BN2O4S. The summed E-state index contributed by atoms with van der Waals surface area (Å²) in [5, 5.41) is 4.84. The van der Waals surface area contributed by atoms with Crippen LogP contribution >= 0.6 is 11.8 Å². The Morgan fingerprint density at radius 3 is 2.69 bits per heavy atom. The molecule has 0 aromatic carbocycles. The van der Waals surface area contributed by atoms with Crippen molar-refractivity contribution in [1.29, 1.82) is 0 Å². The van der Waals surface area contributed by atoms with Gasteiger partial charge in [0, 0.05) is 29.3 Å². The molecule has 1 unspecified atom stereocenters. The maximum absolute atomic E-state index is 6.34. The van der Waals surface area contributed by atoms with Crippen molar-refractivity contribution in [2.24, 2.45) is 0 Å². The molecule has 144 valence electrons. The van der Waals surface area contributed by atoms with Gasteiger partial charge in [0.05, 0.1) is 30.0 Å². The molecule has 8 heteroatoms. The summed E-state index contributed by atoms with van der Waals surface area (Å²) in [7, 11) is -0.395. The van der Waals surface area contributed by atoms with Gasteiger partial charge in [-0.25, -0.2) is 0 Å². The Labute approximate surface area is 160 Å². The zero-order chi connectivity index (χ0) is 18.4. The van der Waals surface area contributed by atoms with Crippen LogP contribution in [0.5, 0.6) is 0 Å². The number of nitrogens with zero attached hydrogens (tertiary/aromatic N) is 2. The average Bonchev–Trinajstić information content (AvgIpc) is 3.07. The highest BCUT2D eigenvalue weighted by Crippen LogP contribution is 2.37. The standard InChI is InChI=1S/C18H29BN2O4S/c1-17(2)18(3,4)25-19(24-17)16-13(11-23-15-7-5-6-9-22-15)20-21-8-10-26-12-14(16)21/h15H,5-12H2,1-4H3. The minimum atomic E-state index is -0.395. The first-order valence-electron chi connectivity index (χ1n) is 9.62. The molecular weight excluding hydrogens is 351 g/mol. The fraction of sp³-hybridized carbons (Fsp3) is 0.833. The summed E-state index contributed by atoms with van der Waals surface area (Å²) in [6.45, 7) is 10.5. The Morgan fingerprint density at radius 1 is 1.23 bits per heavy atom. The quantitative estimate of drug-likeness (QED) is 0.748. The predicted octanol–water partition coefficient (Wildman–Crippen LogP) is 2.47. The molecule has 3 aliphatic heterocycles. The highest BCUT2D eigenvalue weighted by Gasteiger charge is 2.53. The van der Waals surface area contributed by atoms with Gasteiger partial charge in [-0.1, -0.05) is 0 Å². The number of rotatable bonds is 4. The van der Waals surface area contributed by atoms with Crippen molar-refractivity contribution in [2.75, 3.05) is 12.4 Å². The second-order valence-corrected chi connectivity index (χ2v) is 9.38. The van der Waals surface area contributed by atoms with E-state index in [9.17, 15) is 0 Å². The van der Waals surface area contributed by atoms with Crippen molar-refractivity contribution >= 4 is 24.3 Å². The van der Waals surface area contributed by atoms with Crippen LogP contribution in [0.25, 0.3) is 0 Å². The van der Waals surface area contributed by atoms with Gasteiger partial charge < -0.3 is 18.8 Å². The normalized spacial score (nSPS) is 27.5. The molecule has 4 heterocycles. The van der Waals surface area contributed by atoms with Gasteiger partial charge in [-0.05, 0) is 47.0 Å². The van der Waals surface area contributed by atoms with E-state index in [1.807, 2.05) is 11.8 Å². The molecule has 3 aliphatic rings. The number of hydrogen-bond donors (Lipinski definition) is 0. The van der Waals surface area contributed by atoms with Crippen LogP contribution < -0.4 is 5.46 Å². The lowest BCUT2D eigenvalue weighted by molar-refractivity contribution is -0.169. The lowest BCUT2D eigenvalue weighted by Gasteiger charge is -2.32. The van der Waals surface area contributed by atoms with Crippen molar-refractivity contribution in [2.45, 2.75) is 83.4 Å². The largest absolute Gasteiger partial charge is 0.498 e. The van der Waals surface area contributed by atoms with Crippen molar-refractivity contribution in [3.8, 4) is 0 Å². The van der Waals surface area contributed by atoms with Crippen LogP contribution in [0.3, 0.4) is 0 Å². The first kappa shape index (κ1) is 18.8. The SMILES string of the molecule is CC1(C)OB(c2c(COC3CCCCO3)nn3c2CSCC3)OC1(C)C. The fourth-order valence-corrected chi connectivity index (χ4v) is 4.52. The van der Waals surface area contributed by atoms with E-state index in [1.165, 1.54) is 5.69 Å². The van der Waals surface area contributed by atoms with Crippen LogP contribution in [0.1, 0.15) is 58.3 Å². The Hall–Kier alpha value is -0.535. The zero-order valence-electron chi connectivity index (χ0n) is 16.2. The Balaban J connectivity index is 1.59. The molecule has 0 spiro atoms. The molecule has 26 heavy (non-hydrogen) atoms. The van der Waals surface area contributed by atoms with Gasteiger partial charge in [0.25, 0.3) is 0 Å². The van der Waals surface area contributed by atoms with Crippen LogP contribution in [-0.4, -0.2) is 46.8 Å². The molecule has 2 saturated heterocycles. The van der Waals surface area contributed by atoms with Gasteiger partial charge in [-0.15, -0.1) is 0 Å². The molecule has 1 aromatic rings. The van der Waals surface area contributed by atoms with Crippen molar-refractivity contribution in [3.63, 3.8) is 0 Å². The lowest BCUT2D eigenvalue weighted by atomic mass is 9.77. The molecule has 0 aliphatic carbocycles. The van der Waals surface area contributed by atoms with Gasteiger partial charge >= 0.3 is 7.12 Å². The van der Waals surface area contributed by atoms with E-state index in [-0.39, 0.29) is 17.5 Å². The first-order chi connectivity index (χ1) is 12.4. The number of thioether (sulfide) groups is 1. The average molecular weight is 380 g/mol. The van der Waals surface area contributed by atoms with Gasteiger partial charge in [0.1, 0.15) is 0 Å². The van der Waals surface area contributed by atoms with Crippen molar-refractivity contribution in [1.82, 2.24) is 9.78 Å². The molecule has 0 bridgehead atoms. The topological polar surface area (TPSA) is 54.7 Å². The minimum absolute atomic E-state index is 0.122. The molecule has 0 amide bonds. The molecule has 6 nitrogen and oxygen atoms in total. The molecule has 0 saturated carbocycles. The van der Waals surface area contributed by atoms with Gasteiger partial charge in [0.15, 0.2) is 6.29 Å². The predicted molar refractivity (Wildman–Crippen MR) is 102 cm³/mol. The molecule has 1 atom stereocenters. The summed E-state index contributed by atoms with van der Waals surface area (Å²) < 4.78 is 26.5. The van der Waals surface area contributed by atoms with Crippen LogP contribution in [0.4, 0.5) is 0 Å². The monoisotopic (exact) mass is 380 g/mol. The van der Waals surface area contributed by atoms with E-state index in [0.717, 1.165) is 55.1 Å². The molecule has 2 fully saturated rings. The molecule has 0 N–H and O–H groups in total. The minimum Gasteiger partial charge on any atom is -0.399 e. The Kier molecular flexibility index (Phi) is 5.16. The summed E-state index contributed by atoms with van der Waals surface area (Å²) in [5.74, 6) is 2.02. The zero-order valence-corrected chi connectivity index (χ0v) is 17.1. The van der Waals surface area contributed by atoms with Crippen LogP contribution in [0.15, 0.2) is 0 Å². The summed E-state index contributed by atoms with van der Waals surface area (Å²) in [4.78, 5) is 0. The highest BCUT2D eigenvalue weighted by atomic mass is 32.2. The first-order valence-corrected chi connectivity index (χ1v) is 10.8. The fourth-order valence-electron chi connectivity index (χ4n) is 3.58. The molecule has 1 aromatic heterocycles. The third-order valence-corrected chi connectivity index (χ3v) is 6.84. The molecule has 0 radical (unpaired) electrons. The van der Waals surface area contributed by atoms with E-state index >= 15 is 0 Å². The Morgan fingerprint density at radius 2 is 2.00 bits per heavy atom. The number of fused-ring (bicyclic) bond motifs is 1. The Bertz CT molecular complexity index is 642. The summed E-state index contributed by atoms with van der Waals surface area (Å²) in [6.07, 6.45) is 3.11. The summed E-state index contributed by atoms with van der Waals surface area (Å²) in [5.41, 5.74) is 2.47. The highest BCUT2D eigenvalue weighted by molar-refractivity contribution is 7.98. The lowest BCUT2D eigenvalue weighted by Crippen LogP contribution is -2.41. The summed E-state index contributed by atoms with van der Waals surface area (Å²) in [6, 6.07) is 0. The van der Waals surface area contributed by atoms with Gasteiger partial charge in [0.2, 0.25) is 0 Å². The van der Waals surface area contributed by atoms with E-state index < -0.39 is 7.12 Å². The number of hydrogen-bond acceptors (Lipinski definition) is 6. The molecule has 4 rings (SSSR count). The van der Waals surface area contributed by atoms with Crippen LogP contribution in [-0.2, 0) is 37.7 Å². The maximum atomic E-state index is 6.34. The van der Waals surface area contributed by atoms with Crippen LogP contribution in [0, 0.1) is 0 Å². The number of aryl methyl sites for hydroxylation is 1. The van der Waals surface area contributed by atoms with Crippen LogP contribution in [0.2, 0.25) is 0 Å². The second-order valence-electron chi connectivity index (χ2n) is 8.28. The smallest absolute Gasteiger partial charge is 0.399 e. The summed E-state index contributed by atoms with van der Waals surface area (Å²) >= 11 is 1.93. The maximum Gasteiger partial charge on any atom is 0.498 e. The number of ether oxygens (including phenoxy) is 2. The van der Waals surface area contributed by atoms with E-state index in [0.29, 0.717) is 6.61 Å². The van der Waals surface area contributed by atoms with Gasteiger partial charge in [-0.3, -0.25) is 4.68 Å². The second kappa shape index (κ2) is 7.13. The third kappa shape index (κ3) is 3.46. The van der Waals surface area contributed by atoms with Gasteiger partial charge in [-0.2, -0.15) is 16.9 Å². The van der Waals surface area contributed by atoms with Crippen molar-refractivity contribution in [3.05, 3.63) is 11.4 Å². The third-order valence-electron chi connectivity index (χ3n) is 5.89.